The van der Waals surface area contributed by atoms with E-state index in [0.29, 0.717) is 12.3 Å². The van der Waals surface area contributed by atoms with Gasteiger partial charge in [-0.25, -0.2) is 4.98 Å². The lowest BCUT2D eigenvalue weighted by Crippen LogP contribution is -2.18. The molecule has 0 unspecified atom stereocenters. The first kappa shape index (κ1) is 10.7. The number of nitrogens with zero attached hydrogens (tertiary/aromatic N) is 1. The zero-order chi connectivity index (χ0) is 10.4. The molecular formula is C9H12N2O2S. The van der Waals surface area contributed by atoms with Gasteiger partial charge >= 0.3 is 0 Å². The maximum atomic E-state index is 11.3. The van der Waals surface area contributed by atoms with Crippen molar-refractivity contribution in [3.05, 3.63) is 22.3 Å². The Morgan fingerprint density at radius 1 is 1.79 bits per heavy atom. The van der Waals surface area contributed by atoms with E-state index in [-0.39, 0.29) is 5.91 Å². The van der Waals surface area contributed by atoms with Crippen molar-refractivity contribution < 1.29 is 9.53 Å². The van der Waals surface area contributed by atoms with Crippen molar-refractivity contribution in [3.63, 3.8) is 0 Å². The average molecular weight is 212 g/mol. The Labute approximate surface area is 86.6 Å². The summed E-state index contributed by atoms with van der Waals surface area (Å²) >= 11 is 1.40. The highest BCUT2D eigenvalue weighted by Crippen LogP contribution is 2.14. The van der Waals surface area contributed by atoms with Crippen LogP contribution in [0.5, 0.6) is 0 Å². The normalized spacial score (nSPS) is 10.4. The smallest absolute Gasteiger partial charge is 0.271 e. The van der Waals surface area contributed by atoms with Gasteiger partial charge in [0.15, 0.2) is 0 Å². The first-order valence-electron chi connectivity index (χ1n) is 4.23. The van der Waals surface area contributed by atoms with E-state index in [9.17, 15) is 4.79 Å². The van der Waals surface area contributed by atoms with Gasteiger partial charge in [0, 0.05) is 7.05 Å². The van der Waals surface area contributed by atoms with Gasteiger partial charge in [-0.3, -0.25) is 4.79 Å². The first-order valence-corrected chi connectivity index (χ1v) is 5.11. The largest absolute Gasteiger partial charge is 0.501 e. The highest BCUT2D eigenvalue weighted by atomic mass is 32.1. The van der Waals surface area contributed by atoms with Crippen molar-refractivity contribution in [2.45, 2.75) is 6.92 Å². The second-order valence-corrected chi connectivity index (χ2v) is 3.29. The van der Waals surface area contributed by atoms with Crippen molar-refractivity contribution >= 4 is 23.3 Å². The molecule has 0 atom stereocenters. The van der Waals surface area contributed by atoms with Crippen LogP contribution in [0.3, 0.4) is 0 Å². The highest BCUT2D eigenvalue weighted by molar-refractivity contribution is 7.10. The molecule has 76 valence electrons. The molecule has 0 aromatic carbocycles. The number of nitrogens with one attached hydrogen (secondary N) is 1. The first-order chi connectivity index (χ1) is 6.79. The molecule has 0 bridgehead atoms. The number of carbonyl (C=O) groups is 1. The molecule has 4 nitrogen and oxygen atoms in total. The van der Waals surface area contributed by atoms with E-state index >= 15 is 0 Å². The molecule has 5 heteroatoms. The van der Waals surface area contributed by atoms with E-state index in [2.05, 4.69) is 10.3 Å². The molecule has 1 aromatic heterocycles. The third-order valence-electron chi connectivity index (χ3n) is 1.52. The summed E-state index contributed by atoms with van der Waals surface area (Å²) in [7, 11) is 1.58. The summed E-state index contributed by atoms with van der Waals surface area (Å²) in [6.07, 6.45) is 3.31. The number of ether oxygens (including phenoxy) is 1. The number of rotatable bonds is 4. The molecule has 0 aliphatic rings. The van der Waals surface area contributed by atoms with E-state index < -0.39 is 0 Å². The molecule has 0 spiro atoms. The van der Waals surface area contributed by atoms with Crippen LogP contribution < -0.4 is 5.32 Å². The van der Waals surface area contributed by atoms with Gasteiger partial charge in [0.05, 0.1) is 23.3 Å². The van der Waals surface area contributed by atoms with Gasteiger partial charge in [0.1, 0.15) is 5.69 Å². The number of aromatic nitrogens is 1. The van der Waals surface area contributed by atoms with Crippen LogP contribution in [0.4, 0.5) is 0 Å². The van der Waals surface area contributed by atoms with Crippen molar-refractivity contribution in [1.82, 2.24) is 10.3 Å². The predicted octanol–water partition coefficient (Wildman–Crippen LogP) is 1.51. The monoisotopic (exact) mass is 212 g/mol. The fourth-order valence-corrected chi connectivity index (χ4v) is 1.53. The fourth-order valence-electron chi connectivity index (χ4n) is 0.869. The average Bonchev–Trinajstić information content (AvgIpc) is 2.65. The molecule has 0 saturated heterocycles. The van der Waals surface area contributed by atoms with Crippen molar-refractivity contribution in [1.29, 1.82) is 0 Å². The zero-order valence-corrected chi connectivity index (χ0v) is 8.93. The lowest BCUT2D eigenvalue weighted by molar-refractivity contribution is 0.0958. The van der Waals surface area contributed by atoms with Crippen LogP contribution in [0.1, 0.15) is 22.3 Å². The molecule has 1 aromatic rings. The van der Waals surface area contributed by atoms with E-state index in [1.54, 1.807) is 24.9 Å². The lowest BCUT2D eigenvalue weighted by Gasteiger charge is -1.96. The predicted molar refractivity (Wildman–Crippen MR) is 56.2 cm³/mol. The molecule has 0 fully saturated rings. The summed E-state index contributed by atoms with van der Waals surface area (Å²) < 4.78 is 5.04. The Morgan fingerprint density at radius 3 is 3.21 bits per heavy atom. The van der Waals surface area contributed by atoms with Gasteiger partial charge < -0.3 is 10.1 Å². The molecule has 14 heavy (non-hydrogen) atoms. The van der Waals surface area contributed by atoms with E-state index in [4.69, 9.17) is 4.74 Å². The summed E-state index contributed by atoms with van der Waals surface area (Å²) in [6.45, 7) is 2.52. The molecule has 1 heterocycles. The van der Waals surface area contributed by atoms with Crippen LogP contribution in [0.2, 0.25) is 0 Å². The van der Waals surface area contributed by atoms with Crippen LogP contribution in [0, 0.1) is 0 Å². The summed E-state index contributed by atoms with van der Waals surface area (Å²) in [4.78, 5) is 16.1. The molecule has 0 radical (unpaired) electrons. The Kier molecular flexibility index (Phi) is 4.12. The number of thiazole rings is 1. The molecular weight excluding hydrogens is 200 g/mol. The minimum atomic E-state index is -0.178. The summed E-state index contributed by atoms with van der Waals surface area (Å²) in [6, 6.07) is 0. The van der Waals surface area contributed by atoms with Crippen LogP contribution in [0.15, 0.2) is 11.8 Å². The van der Waals surface area contributed by atoms with Crippen molar-refractivity contribution in [2.75, 3.05) is 13.7 Å². The Hall–Kier alpha value is -1.36. The third-order valence-corrected chi connectivity index (χ3v) is 2.31. The third kappa shape index (κ3) is 2.56. The molecule has 0 aliphatic carbocycles. The van der Waals surface area contributed by atoms with Gasteiger partial charge in [-0.1, -0.05) is 0 Å². The number of hydrogen-bond donors (Lipinski definition) is 1. The van der Waals surface area contributed by atoms with E-state index in [1.807, 2.05) is 6.92 Å². The molecule has 0 saturated carbocycles. The van der Waals surface area contributed by atoms with Crippen LogP contribution >= 0.6 is 11.3 Å². The minimum Gasteiger partial charge on any atom is -0.501 e. The SMILES string of the molecule is CCO/C=C/c1scnc1C(=O)NC. The van der Waals surface area contributed by atoms with Crippen LogP contribution in [-0.2, 0) is 4.74 Å². The van der Waals surface area contributed by atoms with Gasteiger partial charge in [-0.05, 0) is 13.0 Å². The van der Waals surface area contributed by atoms with E-state index in [0.717, 1.165) is 4.88 Å². The second-order valence-electron chi connectivity index (χ2n) is 2.40. The van der Waals surface area contributed by atoms with Crippen LogP contribution in [0.25, 0.3) is 6.08 Å². The second kappa shape index (κ2) is 5.39. The maximum Gasteiger partial charge on any atom is 0.271 e. The molecule has 0 aliphatic heterocycles. The van der Waals surface area contributed by atoms with Gasteiger partial charge in [-0.15, -0.1) is 11.3 Å². The van der Waals surface area contributed by atoms with Gasteiger partial charge in [0.2, 0.25) is 0 Å². The standard InChI is InChI=1S/C9H12N2O2S/c1-3-13-5-4-7-8(9(12)10-2)11-6-14-7/h4-6H,3H2,1-2H3,(H,10,12)/b5-4+. The number of amides is 1. The fraction of sp³-hybridized carbons (Fsp3) is 0.333. The minimum absolute atomic E-state index is 0.178. The van der Waals surface area contributed by atoms with Crippen LogP contribution in [-0.4, -0.2) is 24.5 Å². The molecule has 1 rings (SSSR count). The van der Waals surface area contributed by atoms with Gasteiger partial charge in [0.25, 0.3) is 5.91 Å². The lowest BCUT2D eigenvalue weighted by atomic mass is 10.3. The Balaban J connectivity index is 2.77. The van der Waals surface area contributed by atoms with Crippen molar-refractivity contribution in [2.24, 2.45) is 0 Å². The summed E-state index contributed by atoms with van der Waals surface area (Å²) in [5.41, 5.74) is 2.07. The summed E-state index contributed by atoms with van der Waals surface area (Å²) in [5, 5.41) is 2.53. The summed E-state index contributed by atoms with van der Waals surface area (Å²) in [5.74, 6) is -0.178. The number of hydrogen-bond acceptors (Lipinski definition) is 4. The highest BCUT2D eigenvalue weighted by Gasteiger charge is 2.10. The molecule has 1 N–H and O–H groups in total. The van der Waals surface area contributed by atoms with Gasteiger partial charge in [-0.2, -0.15) is 0 Å². The van der Waals surface area contributed by atoms with Crippen molar-refractivity contribution in [3.8, 4) is 0 Å². The Bertz CT molecular complexity index is 333. The zero-order valence-electron chi connectivity index (χ0n) is 8.11. The topological polar surface area (TPSA) is 51.2 Å². The Morgan fingerprint density at radius 2 is 2.57 bits per heavy atom. The maximum absolute atomic E-state index is 11.3. The van der Waals surface area contributed by atoms with E-state index in [1.165, 1.54) is 11.3 Å². The quantitative estimate of drug-likeness (QED) is 0.770. The molecule has 1 amide bonds. The number of carbonyl (C=O) groups excluding carboxylic acids is 1.